The molecule has 1 N–H and O–H groups in total. The highest BCUT2D eigenvalue weighted by molar-refractivity contribution is 7.89. The molecule has 8 heteroatoms. The average molecular weight is 424 g/mol. The van der Waals surface area contributed by atoms with Crippen LogP contribution in [-0.2, 0) is 16.6 Å². The number of nitrogens with one attached hydrogen (secondary N) is 1. The molecule has 1 atom stereocenters. The molecular formula is C21H23F3N2O2S. The molecule has 0 saturated carbocycles. The van der Waals surface area contributed by atoms with E-state index in [1.54, 1.807) is 51.2 Å². The van der Waals surface area contributed by atoms with Gasteiger partial charge in [-0.05, 0) is 62.4 Å². The predicted octanol–water partition coefficient (Wildman–Crippen LogP) is 4.78. The zero-order chi connectivity index (χ0) is 21.6. The first-order chi connectivity index (χ1) is 13.4. The quantitative estimate of drug-likeness (QED) is 0.641. The van der Waals surface area contributed by atoms with E-state index in [-0.39, 0.29) is 4.90 Å². The van der Waals surface area contributed by atoms with Gasteiger partial charge in [-0.25, -0.2) is 8.42 Å². The number of benzene rings is 2. The zero-order valence-electron chi connectivity index (χ0n) is 16.6. The number of hydrogen-bond donors (Lipinski definition) is 1. The van der Waals surface area contributed by atoms with E-state index in [1.807, 2.05) is 23.8 Å². The molecule has 1 unspecified atom stereocenters. The first kappa shape index (κ1) is 21.4. The highest BCUT2D eigenvalue weighted by Gasteiger charge is 2.43. The van der Waals surface area contributed by atoms with Gasteiger partial charge in [-0.1, -0.05) is 29.3 Å². The van der Waals surface area contributed by atoms with Crippen molar-refractivity contribution in [2.75, 3.05) is 0 Å². The van der Waals surface area contributed by atoms with Crippen LogP contribution in [0.15, 0.2) is 47.5 Å². The van der Waals surface area contributed by atoms with Gasteiger partial charge >= 0.3 is 6.18 Å². The summed E-state index contributed by atoms with van der Waals surface area (Å²) in [7, 11) is -4.37. The summed E-state index contributed by atoms with van der Waals surface area (Å²) in [5, 5.41) is 0.805. The normalized spacial score (nSPS) is 13.8. The minimum Gasteiger partial charge on any atom is -0.346 e. The molecule has 2 aromatic carbocycles. The molecule has 3 aromatic rings. The fourth-order valence-electron chi connectivity index (χ4n) is 3.72. The minimum absolute atomic E-state index is 0.106. The minimum atomic E-state index is -4.75. The Balaban J connectivity index is 1.98. The third kappa shape index (κ3) is 4.48. The second kappa shape index (κ2) is 7.50. The van der Waals surface area contributed by atoms with Gasteiger partial charge in [0.1, 0.15) is 6.04 Å². The van der Waals surface area contributed by atoms with Crippen LogP contribution in [0.1, 0.15) is 22.3 Å². The van der Waals surface area contributed by atoms with Crippen LogP contribution in [0.5, 0.6) is 0 Å². The Bertz CT molecular complexity index is 1140. The van der Waals surface area contributed by atoms with Gasteiger partial charge in [0.15, 0.2) is 0 Å². The first-order valence-electron chi connectivity index (χ1n) is 9.11. The highest BCUT2D eigenvalue weighted by atomic mass is 32.2. The molecule has 0 bridgehead atoms. The Hall–Kier alpha value is -2.32. The molecule has 29 heavy (non-hydrogen) atoms. The number of aromatic nitrogens is 1. The molecule has 1 heterocycles. The van der Waals surface area contributed by atoms with E-state index in [9.17, 15) is 21.6 Å². The molecule has 3 rings (SSSR count). The summed E-state index contributed by atoms with van der Waals surface area (Å²) < 4.78 is 70.3. The zero-order valence-corrected chi connectivity index (χ0v) is 17.4. The standard InChI is InChI=1S/C21H23F3N2O2S/c1-13-5-6-18-17(11-13)7-8-26(18)12-19(21(22,23)24)25-29(27,28)20-15(3)9-14(2)10-16(20)4/h5-11,19,25H,12H2,1-4H3. The van der Waals surface area contributed by atoms with Crippen molar-refractivity contribution in [3.05, 3.63) is 64.8 Å². The van der Waals surface area contributed by atoms with Crippen molar-refractivity contribution in [2.45, 2.75) is 51.4 Å². The molecule has 0 saturated heterocycles. The van der Waals surface area contributed by atoms with Crippen LogP contribution < -0.4 is 4.72 Å². The Kier molecular flexibility index (Phi) is 5.53. The van der Waals surface area contributed by atoms with Crippen molar-refractivity contribution in [2.24, 2.45) is 0 Å². The van der Waals surface area contributed by atoms with Gasteiger partial charge < -0.3 is 4.57 Å². The molecule has 1 aromatic heterocycles. The molecule has 4 nitrogen and oxygen atoms in total. The number of hydrogen-bond acceptors (Lipinski definition) is 2. The van der Waals surface area contributed by atoms with E-state index < -0.39 is 28.8 Å². The summed E-state index contributed by atoms with van der Waals surface area (Å²) in [6.45, 7) is 6.31. The lowest BCUT2D eigenvalue weighted by atomic mass is 10.1. The van der Waals surface area contributed by atoms with Crippen molar-refractivity contribution in [3.63, 3.8) is 0 Å². The fraction of sp³-hybridized carbons (Fsp3) is 0.333. The van der Waals surface area contributed by atoms with Crippen LogP contribution >= 0.6 is 0 Å². The van der Waals surface area contributed by atoms with E-state index in [0.717, 1.165) is 16.5 Å². The SMILES string of the molecule is Cc1cc(C)c(S(=O)(=O)NC(Cn2ccc3cc(C)ccc32)C(F)(F)F)c(C)c1. The number of rotatable bonds is 5. The number of aryl methyl sites for hydroxylation is 4. The molecule has 0 amide bonds. The average Bonchev–Trinajstić information content (AvgIpc) is 2.93. The summed E-state index contributed by atoms with van der Waals surface area (Å²) in [6, 6.07) is 8.17. The van der Waals surface area contributed by atoms with Crippen LogP contribution in [0, 0.1) is 27.7 Å². The van der Waals surface area contributed by atoms with E-state index in [2.05, 4.69) is 0 Å². The lowest BCUT2D eigenvalue weighted by Gasteiger charge is -2.24. The first-order valence-corrected chi connectivity index (χ1v) is 10.6. The third-order valence-corrected chi connectivity index (χ3v) is 6.65. The van der Waals surface area contributed by atoms with E-state index in [1.165, 1.54) is 4.57 Å². The van der Waals surface area contributed by atoms with Gasteiger partial charge in [0.25, 0.3) is 0 Å². The molecular weight excluding hydrogens is 401 g/mol. The number of alkyl halides is 3. The van der Waals surface area contributed by atoms with Crippen molar-refractivity contribution < 1.29 is 21.6 Å². The molecule has 0 fully saturated rings. The topological polar surface area (TPSA) is 51.1 Å². The molecule has 0 aliphatic heterocycles. The van der Waals surface area contributed by atoms with E-state index >= 15 is 0 Å². The number of halogens is 3. The van der Waals surface area contributed by atoms with Crippen LogP contribution in [0.4, 0.5) is 13.2 Å². The molecule has 0 spiro atoms. The summed E-state index contributed by atoms with van der Waals surface area (Å²) >= 11 is 0. The van der Waals surface area contributed by atoms with Crippen LogP contribution in [0.3, 0.4) is 0 Å². The lowest BCUT2D eigenvalue weighted by Crippen LogP contribution is -2.48. The molecule has 0 radical (unpaired) electrons. The Morgan fingerprint density at radius 3 is 2.17 bits per heavy atom. The Labute approximate surface area is 168 Å². The van der Waals surface area contributed by atoms with Crippen molar-refractivity contribution in [1.29, 1.82) is 0 Å². The van der Waals surface area contributed by atoms with E-state index in [4.69, 9.17) is 0 Å². The van der Waals surface area contributed by atoms with E-state index in [0.29, 0.717) is 16.6 Å². The summed E-state index contributed by atoms with van der Waals surface area (Å²) in [6.07, 6.45) is -3.21. The lowest BCUT2D eigenvalue weighted by molar-refractivity contribution is -0.154. The summed E-state index contributed by atoms with van der Waals surface area (Å²) in [5.41, 5.74) is 3.29. The van der Waals surface area contributed by atoms with Crippen LogP contribution in [0.25, 0.3) is 10.9 Å². The maximum absolute atomic E-state index is 13.7. The Morgan fingerprint density at radius 1 is 0.966 bits per heavy atom. The smallest absolute Gasteiger partial charge is 0.346 e. The third-order valence-electron chi connectivity index (χ3n) is 4.87. The number of sulfonamides is 1. The monoisotopic (exact) mass is 424 g/mol. The van der Waals surface area contributed by atoms with Gasteiger partial charge in [-0.2, -0.15) is 17.9 Å². The fourth-order valence-corrected chi connectivity index (χ4v) is 5.39. The molecule has 0 aliphatic rings. The summed E-state index contributed by atoms with van der Waals surface area (Å²) in [5.74, 6) is 0. The predicted molar refractivity (Wildman–Crippen MR) is 107 cm³/mol. The van der Waals surface area contributed by atoms with Gasteiger partial charge in [0.05, 0.1) is 4.90 Å². The molecule has 0 aliphatic carbocycles. The second-order valence-electron chi connectivity index (χ2n) is 7.47. The number of fused-ring (bicyclic) bond motifs is 1. The van der Waals surface area contributed by atoms with Gasteiger partial charge in [-0.3, -0.25) is 0 Å². The van der Waals surface area contributed by atoms with Gasteiger partial charge in [0.2, 0.25) is 10.0 Å². The van der Waals surface area contributed by atoms with Crippen molar-refractivity contribution >= 4 is 20.9 Å². The van der Waals surface area contributed by atoms with Crippen LogP contribution in [0.2, 0.25) is 0 Å². The second-order valence-corrected chi connectivity index (χ2v) is 9.12. The van der Waals surface area contributed by atoms with Crippen LogP contribution in [-0.4, -0.2) is 25.2 Å². The van der Waals surface area contributed by atoms with Crippen molar-refractivity contribution in [3.8, 4) is 0 Å². The van der Waals surface area contributed by atoms with Gasteiger partial charge in [-0.15, -0.1) is 0 Å². The highest BCUT2D eigenvalue weighted by Crippen LogP contribution is 2.28. The van der Waals surface area contributed by atoms with Crippen molar-refractivity contribution in [1.82, 2.24) is 9.29 Å². The number of nitrogens with zero attached hydrogens (tertiary/aromatic N) is 1. The molecule has 156 valence electrons. The maximum atomic E-state index is 13.7. The maximum Gasteiger partial charge on any atom is 0.406 e. The summed E-state index contributed by atoms with van der Waals surface area (Å²) in [4.78, 5) is -0.106. The Morgan fingerprint density at radius 2 is 1.59 bits per heavy atom. The van der Waals surface area contributed by atoms with Gasteiger partial charge in [0, 0.05) is 18.3 Å². The largest absolute Gasteiger partial charge is 0.406 e.